The van der Waals surface area contributed by atoms with Crippen LogP contribution >= 0.6 is 12.2 Å². The van der Waals surface area contributed by atoms with Gasteiger partial charge in [-0.1, -0.05) is 12.1 Å². The number of carboxylic acids is 1. The van der Waals surface area contributed by atoms with E-state index in [0.717, 1.165) is 6.08 Å². The van der Waals surface area contributed by atoms with Crippen molar-refractivity contribution in [1.82, 2.24) is 10.6 Å². The number of carboxylic acid groups (broad SMARTS) is 1. The summed E-state index contributed by atoms with van der Waals surface area (Å²) in [7, 11) is 0. The highest BCUT2D eigenvalue weighted by Gasteiger charge is 2.31. The standard InChI is InChI=1S/C13H9N3O5S/c17-5-4-9-10(12(18)19)11(15-13(22)14-9)7-2-1-3-8(6-7)16(20)21/h1-4,6,11H,(H,18,19)(H2,14,15,22). The maximum atomic E-state index is 11.5. The number of nitro benzene ring substituents is 1. The Kier molecular flexibility index (Phi) is 4.31. The normalized spacial score (nSPS) is 17.1. The Balaban J connectivity index is 2.60. The first-order valence-corrected chi connectivity index (χ1v) is 6.35. The van der Waals surface area contributed by atoms with Crippen LogP contribution in [0.5, 0.6) is 0 Å². The second kappa shape index (κ2) is 6.17. The van der Waals surface area contributed by atoms with Crippen molar-refractivity contribution in [1.29, 1.82) is 0 Å². The quantitative estimate of drug-likeness (QED) is 0.323. The fourth-order valence-corrected chi connectivity index (χ4v) is 2.29. The number of hydrogen-bond donors (Lipinski definition) is 3. The lowest BCUT2D eigenvalue weighted by molar-refractivity contribution is -0.384. The SMILES string of the molecule is O=C=CC1=C(C(=O)O)C(c2cccc([N+](=O)[O-])c2)NC(=S)N1. The predicted molar refractivity (Wildman–Crippen MR) is 79.6 cm³/mol. The molecule has 1 heterocycles. The fraction of sp³-hybridized carbons (Fsp3) is 0.0769. The van der Waals surface area contributed by atoms with Gasteiger partial charge in [0.15, 0.2) is 5.11 Å². The minimum atomic E-state index is -1.29. The maximum Gasteiger partial charge on any atom is 0.336 e. The lowest BCUT2D eigenvalue weighted by atomic mass is 9.95. The van der Waals surface area contributed by atoms with Gasteiger partial charge in [-0.25, -0.2) is 9.59 Å². The molecule has 1 unspecified atom stereocenters. The monoisotopic (exact) mass is 319 g/mol. The van der Waals surface area contributed by atoms with E-state index in [1.807, 2.05) is 0 Å². The number of hydrogen-bond acceptors (Lipinski definition) is 5. The lowest BCUT2D eigenvalue weighted by Gasteiger charge is -2.28. The summed E-state index contributed by atoms with van der Waals surface area (Å²) < 4.78 is 0. The van der Waals surface area contributed by atoms with Crippen molar-refractivity contribution in [2.75, 3.05) is 0 Å². The number of nitro groups is 1. The molecule has 0 aliphatic carbocycles. The third-order valence-electron chi connectivity index (χ3n) is 2.95. The summed E-state index contributed by atoms with van der Waals surface area (Å²) in [5.74, 6) is 0.199. The van der Waals surface area contributed by atoms with Crippen LogP contribution in [0.1, 0.15) is 11.6 Å². The number of nitrogens with zero attached hydrogens (tertiary/aromatic N) is 1. The highest BCUT2D eigenvalue weighted by molar-refractivity contribution is 7.80. The van der Waals surface area contributed by atoms with Crippen LogP contribution in [0.3, 0.4) is 0 Å². The number of rotatable bonds is 4. The number of benzene rings is 1. The highest BCUT2D eigenvalue weighted by atomic mass is 32.1. The van der Waals surface area contributed by atoms with Gasteiger partial charge < -0.3 is 15.7 Å². The molecule has 1 aromatic carbocycles. The molecule has 3 N–H and O–H groups in total. The van der Waals surface area contributed by atoms with E-state index in [-0.39, 0.29) is 22.1 Å². The van der Waals surface area contributed by atoms with Gasteiger partial charge in [-0.15, -0.1) is 0 Å². The van der Waals surface area contributed by atoms with Gasteiger partial charge in [0.1, 0.15) is 5.94 Å². The van der Waals surface area contributed by atoms with Crippen LogP contribution < -0.4 is 10.6 Å². The van der Waals surface area contributed by atoms with E-state index >= 15 is 0 Å². The third kappa shape index (κ3) is 3.00. The lowest BCUT2D eigenvalue weighted by Crippen LogP contribution is -2.45. The number of allylic oxidation sites excluding steroid dienone is 1. The number of non-ortho nitro benzene ring substituents is 1. The van der Waals surface area contributed by atoms with Gasteiger partial charge in [-0.3, -0.25) is 10.1 Å². The topological polar surface area (TPSA) is 122 Å². The molecule has 1 atom stereocenters. The largest absolute Gasteiger partial charge is 0.478 e. The predicted octanol–water partition coefficient (Wildman–Crippen LogP) is 0.840. The summed E-state index contributed by atoms with van der Waals surface area (Å²) in [4.78, 5) is 32.3. The number of nitrogens with one attached hydrogen (secondary N) is 2. The van der Waals surface area contributed by atoms with Gasteiger partial charge in [0.25, 0.3) is 5.69 Å². The first-order valence-electron chi connectivity index (χ1n) is 5.94. The molecule has 0 aromatic heterocycles. The van der Waals surface area contributed by atoms with E-state index in [9.17, 15) is 24.8 Å². The highest BCUT2D eigenvalue weighted by Crippen LogP contribution is 2.29. The molecule has 0 saturated heterocycles. The molecule has 0 saturated carbocycles. The van der Waals surface area contributed by atoms with Crippen molar-refractivity contribution in [3.05, 3.63) is 57.3 Å². The zero-order valence-corrected chi connectivity index (χ0v) is 11.7. The molecule has 0 spiro atoms. The third-order valence-corrected chi connectivity index (χ3v) is 3.17. The van der Waals surface area contributed by atoms with E-state index in [1.54, 1.807) is 0 Å². The van der Waals surface area contributed by atoms with Crippen molar-refractivity contribution >= 4 is 34.9 Å². The Bertz CT molecular complexity index is 752. The molecule has 112 valence electrons. The average molecular weight is 319 g/mol. The Morgan fingerprint density at radius 3 is 2.82 bits per heavy atom. The molecular weight excluding hydrogens is 310 g/mol. The van der Waals surface area contributed by atoms with Crippen molar-refractivity contribution in [2.45, 2.75) is 6.04 Å². The smallest absolute Gasteiger partial charge is 0.336 e. The second-order valence-corrected chi connectivity index (χ2v) is 4.69. The van der Waals surface area contributed by atoms with Crippen LogP contribution in [-0.2, 0) is 9.59 Å². The van der Waals surface area contributed by atoms with E-state index < -0.39 is 16.9 Å². The van der Waals surface area contributed by atoms with Crippen LogP contribution in [0.25, 0.3) is 0 Å². The molecule has 8 nitrogen and oxygen atoms in total. The molecule has 1 aliphatic rings. The van der Waals surface area contributed by atoms with Crippen LogP contribution in [0.15, 0.2) is 41.6 Å². The van der Waals surface area contributed by atoms with Crippen LogP contribution in [0.4, 0.5) is 5.69 Å². The number of carbonyl (C=O) groups excluding carboxylic acids is 1. The van der Waals surface area contributed by atoms with Gasteiger partial charge in [0.2, 0.25) is 0 Å². The Morgan fingerprint density at radius 2 is 2.23 bits per heavy atom. The first-order chi connectivity index (χ1) is 10.4. The Morgan fingerprint density at radius 1 is 1.50 bits per heavy atom. The molecule has 0 bridgehead atoms. The minimum Gasteiger partial charge on any atom is -0.478 e. The molecule has 22 heavy (non-hydrogen) atoms. The van der Waals surface area contributed by atoms with E-state index in [0.29, 0.717) is 5.56 Å². The Hall–Kier alpha value is -3.03. The summed E-state index contributed by atoms with van der Waals surface area (Å²) in [6, 6.07) is 4.58. The molecule has 0 fully saturated rings. The molecule has 1 aromatic rings. The van der Waals surface area contributed by atoms with Crippen LogP contribution in [-0.4, -0.2) is 27.1 Å². The molecular formula is C13H9N3O5S. The fourth-order valence-electron chi connectivity index (χ4n) is 2.06. The Labute approximate surface area is 129 Å². The van der Waals surface area contributed by atoms with E-state index in [2.05, 4.69) is 10.6 Å². The van der Waals surface area contributed by atoms with Gasteiger partial charge in [-0.2, -0.15) is 0 Å². The van der Waals surface area contributed by atoms with Crippen molar-refractivity contribution in [3.8, 4) is 0 Å². The zero-order chi connectivity index (χ0) is 16.3. The molecule has 0 amide bonds. The summed E-state index contributed by atoms with van der Waals surface area (Å²) in [5, 5.41) is 25.6. The molecule has 0 radical (unpaired) electrons. The van der Waals surface area contributed by atoms with Gasteiger partial charge in [-0.05, 0) is 17.8 Å². The van der Waals surface area contributed by atoms with Gasteiger partial charge in [0, 0.05) is 18.2 Å². The molecule has 9 heteroatoms. The van der Waals surface area contributed by atoms with Gasteiger partial charge in [0.05, 0.1) is 22.2 Å². The summed E-state index contributed by atoms with van der Waals surface area (Å²) in [6.07, 6.45) is 0.918. The molecule has 2 rings (SSSR count). The average Bonchev–Trinajstić information content (AvgIpc) is 2.46. The number of thiocarbonyl (C=S) groups is 1. The van der Waals surface area contributed by atoms with E-state index in [1.165, 1.54) is 30.2 Å². The van der Waals surface area contributed by atoms with Crippen molar-refractivity contribution in [2.24, 2.45) is 0 Å². The van der Waals surface area contributed by atoms with Crippen LogP contribution in [0.2, 0.25) is 0 Å². The second-order valence-electron chi connectivity index (χ2n) is 4.28. The van der Waals surface area contributed by atoms with Crippen LogP contribution in [0, 0.1) is 10.1 Å². The van der Waals surface area contributed by atoms with Crippen molar-refractivity contribution < 1.29 is 19.6 Å². The summed E-state index contributed by atoms with van der Waals surface area (Å²) >= 11 is 4.96. The summed E-state index contributed by atoms with van der Waals surface area (Å²) in [6.45, 7) is 0. The minimum absolute atomic E-state index is 0.0113. The first kappa shape index (κ1) is 15.4. The van der Waals surface area contributed by atoms with E-state index in [4.69, 9.17) is 12.2 Å². The maximum absolute atomic E-state index is 11.5. The number of carbonyl (C=O) groups is 1. The zero-order valence-electron chi connectivity index (χ0n) is 10.9. The van der Waals surface area contributed by atoms with Crippen molar-refractivity contribution in [3.63, 3.8) is 0 Å². The number of aliphatic carboxylic acids is 1. The molecule has 1 aliphatic heterocycles. The van der Waals surface area contributed by atoms with Gasteiger partial charge >= 0.3 is 5.97 Å². The summed E-state index contributed by atoms with van der Waals surface area (Å²) in [5.41, 5.74) is -0.0339.